The molecule has 1 amide bonds. The molecule has 184 valence electrons. The molecular formula is C25H27N3O6S. The number of non-ortho nitro benzene ring substituents is 1. The fraction of sp³-hybridized carbons (Fsp3) is 0.240. The van der Waals surface area contributed by atoms with Gasteiger partial charge >= 0.3 is 0 Å². The van der Waals surface area contributed by atoms with Crippen LogP contribution in [0.5, 0.6) is 5.75 Å². The number of sulfonamides is 1. The predicted octanol–water partition coefficient (Wildman–Crippen LogP) is 3.93. The monoisotopic (exact) mass is 497 g/mol. The molecule has 3 aromatic carbocycles. The van der Waals surface area contributed by atoms with Crippen LogP contribution in [-0.2, 0) is 23.0 Å². The molecule has 0 aliphatic rings. The van der Waals surface area contributed by atoms with Gasteiger partial charge in [0.15, 0.2) is 0 Å². The summed E-state index contributed by atoms with van der Waals surface area (Å²) in [6, 6.07) is 19.7. The van der Waals surface area contributed by atoms with Crippen molar-refractivity contribution in [3.05, 3.63) is 99.6 Å². The van der Waals surface area contributed by atoms with Gasteiger partial charge in [0.05, 0.1) is 30.0 Å². The van der Waals surface area contributed by atoms with Crippen LogP contribution in [0.4, 0.5) is 11.4 Å². The summed E-state index contributed by atoms with van der Waals surface area (Å²) in [7, 11) is -3.71. The van der Waals surface area contributed by atoms with E-state index < -0.39 is 14.9 Å². The standard InChI is InChI=1S/C25H27N3O6S/c1-3-19-9-13-24(14-10-19)34-16-15-26-25(29)21-11-7-20(8-12-21)18-27(35(2,32)33)22-5-4-6-23(17-22)28(30)31/h4-14,17H,3,15-16,18H2,1-2H3,(H,26,29). The van der Waals surface area contributed by atoms with Crippen molar-refractivity contribution in [2.75, 3.05) is 23.7 Å². The molecule has 0 unspecified atom stereocenters. The molecular weight excluding hydrogens is 470 g/mol. The van der Waals surface area contributed by atoms with Crippen molar-refractivity contribution in [1.82, 2.24) is 5.32 Å². The Kier molecular flexibility index (Phi) is 8.43. The van der Waals surface area contributed by atoms with Gasteiger partial charge < -0.3 is 10.1 Å². The molecule has 0 spiro atoms. The zero-order valence-corrected chi connectivity index (χ0v) is 20.3. The number of benzene rings is 3. The Morgan fingerprint density at radius 2 is 1.69 bits per heavy atom. The van der Waals surface area contributed by atoms with Gasteiger partial charge in [0.1, 0.15) is 12.4 Å². The van der Waals surface area contributed by atoms with E-state index in [0.29, 0.717) is 24.3 Å². The lowest BCUT2D eigenvalue weighted by Gasteiger charge is -2.22. The fourth-order valence-corrected chi connectivity index (χ4v) is 4.23. The predicted molar refractivity (Wildman–Crippen MR) is 134 cm³/mol. The Morgan fingerprint density at radius 3 is 2.29 bits per heavy atom. The van der Waals surface area contributed by atoms with Crippen LogP contribution >= 0.6 is 0 Å². The van der Waals surface area contributed by atoms with Crippen LogP contribution < -0.4 is 14.4 Å². The smallest absolute Gasteiger partial charge is 0.271 e. The van der Waals surface area contributed by atoms with Crippen LogP contribution in [0.25, 0.3) is 0 Å². The number of nitrogens with one attached hydrogen (secondary N) is 1. The van der Waals surface area contributed by atoms with Gasteiger partial charge in [-0.25, -0.2) is 8.42 Å². The topological polar surface area (TPSA) is 119 Å². The molecule has 0 aliphatic carbocycles. The number of aryl methyl sites for hydroxylation is 1. The highest BCUT2D eigenvalue weighted by Gasteiger charge is 2.20. The highest BCUT2D eigenvalue weighted by Crippen LogP contribution is 2.25. The van der Waals surface area contributed by atoms with Crippen LogP contribution in [0, 0.1) is 10.1 Å². The minimum Gasteiger partial charge on any atom is -0.492 e. The fourth-order valence-electron chi connectivity index (χ4n) is 3.35. The van der Waals surface area contributed by atoms with Gasteiger partial charge in [-0.2, -0.15) is 0 Å². The normalized spacial score (nSPS) is 11.0. The van der Waals surface area contributed by atoms with Gasteiger partial charge in [0.2, 0.25) is 10.0 Å². The maximum atomic E-state index is 12.4. The summed E-state index contributed by atoms with van der Waals surface area (Å²) in [5, 5.41) is 13.9. The van der Waals surface area contributed by atoms with Crippen LogP contribution in [-0.4, -0.2) is 38.7 Å². The molecule has 9 nitrogen and oxygen atoms in total. The number of hydrogen-bond donors (Lipinski definition) is 1. The van der Waals surface area contributed by atoms with Gasteiger partial charge in [-0.1, -0.05) is 37.3 Å². The highest BCUT2D eigenvalue weighted by atomic mass is 32.2. The van der Waals surface area contributed by atoms with E-state index >= 15 is 0 Å². The van der Waals surface area contributed by atoms with E-state index in [2.05, 4.69) is 12.2 Å². The van der Waals surface area contributed by atoms with Crippen molar-refractivity contribution < 1.29 is 22.9 Å². The molecule has 1 N–H and O–H groups in total. The van der Waals surface area contributed by atoms with E-state index in [1.165, 1.54) is 29.8 Å². The quantitative estimate of drug-likeness (QED) is 0.244. The van der Waals surface area contributed by atoms with E-state index in [4.69, 9.17) is 4.74 Å². The number of carbonyl (C=O) groups excluding carboxylic acids is 1. The minimum absolute atomic E-state index is 0.0352. The SMILES string of the molecule is CCc1ccc(OCCNC(=O)c2ccc(CN(c3cccc([N+](=O)[O-])c3)S(C)(=O)=O)cc2)cc1. The third-order valence-electron chi connectivity index (χ3n) is 5.26. The zero-order chi connectivity index (χ0) is 25.4. The Labute approximate surface area is 204 Å². The molecule has 3 aromatic rings. The Balaban J connectivity index is 1.58. The molecule has 0 aliphatic heterocycles. The van der Waals surface area contributed by atoms with Gasteiger partial charge in [0.25, 0.3) is 11.6 Å². The summed E-state index contributed by atoms with van der Waals surface area (Å²) in [5.74, 6) is 0.458. The van der Waals surface area contributed by atoms with E-state index in [-0.39, 0.29) is 23.8 Å². The molecule has 10 heteroatoms. The summed E-state index contributed by atoms with van der Waals surface area (Å²) < 4.78 is 31.4. The number of hydrogen-bond acceptors (Lipinski definition) is 6. The molecule has 0 bridgehead atoms. The van der Waals surface area contributed by atoms with E-state index in [1.54, 1.807) is 24.3 Å². The maximum absolute atomic E-state index is 12.4. The molecule has 0 saturated carbocycles. The minimum atomic E-state index is -3.71. The van der Waals surface area contributed by atoms with Crippen molar-refractivity contribution in [3.63, 3.8) is 0 Å². The summed E-state index contributed by atoms with van der Waals surface area (Å²) >= 11 is 0. The van der Waals surface area contributed by atoms with Gasteiger partial charge in [-0.15, -0.1) is 0 Å². The van der Waals surface area contributed by atoms with E-state index in [9.17, 15) is 23.3 Å². The van der Waals surface area contributed by atoms with E-state index in [0.717, 1.165) is 22.7 Å². The van der Waals surface area contributed by atoms with Crippen molar-refractivity contribution >= 4 is 27.3 Å². The molecule has 0 heterocycles. The Bertz CT molecular complexity index is 1280. The highest BCUT2D eigenvalue weighted by molar-refractivity contribution is 7.92. The van der Waals surface area contributed by atoms with Crippen LogP contribution in [0.3, 0.4) is 0 Å². The summed E-state index contributed by atoms with van der Waals surface area (Å²) in [6.45, 7) is 2.69. The van der Waals surface area contributed by atoms with E-state index in [1.807, 2.05) is 24.3 Å². The molecule has 0 aromatic heterocycles. The lowest BCUT2D eigenvalue weighted by molar-refractivity contribution is -0.384. The molecule has 3 rings (SSSR count). The number of amides is 1. The van der Waals surface area contributed by atoms with Crippen molar-refractivity contribution in [2.24, 2.45) is 0 Å². The van der Waals surface area contributed by atoms with Crippen LogP contribution in [0.2, 0.25) is 0 Å². The average molecular weight is 498 g/mol. The third-order valence-corrected chi connectivity index (χ3v) is 6.40. The first-order valence-electron chi connectivity index (χ1n) is 11.0. The largest absolute Gasteiger partial charge is 0.492 e. The number of rotatable bonds is 11. The van der Waals surface area contributed by atoms with Crippen LogP contribution in [0.1, 0.15) is 28.4 Å². The Hall–Kier alpha value is -3.92. The second kappa shape index (κ2) is 11.5. The van der Waals surface area contributed by atoms with Crippen molar-refractivity contribution in [3.8, 4) is 5.75 Å². The number of nitrogens with zero attached hydrogens (tertiary/aromatic N) is 2. The number of carbonyl (C=O) groups is 1. The summed E-state index contributed by atoms with van der Waals surface area (Å²) in [4.78, 5) is 22.9. The van der Waals surface area contributed by atoms with Gasteiger partial charge in [-0.3, -0.25) is 19.2 Å². The Morgan fingerprint density at radius 1 is 1.03 bits per heavy atom. The number of ether oxygens (including phenoxy) is 1. The summed E-state index contributed by atoms with van der Waals surface area (Å²) in [5.41, 5.74) is 2.25. The number of nitro groups is 1. The molecule has 35 heavy (non-hydrogen) atoms. The molecule has 0 fully saturated rings. The number of nitro benzene ring substituents is 1. The van der Waals surface area contributed by atoms with Crippen molar-refractivity contribution in [2.45, 2.75) is 19.9 Å². The second-order valence-corrected chi connectivity index (χ2v) is 9.75. The zero-order valence-electron chi connectivity index (χ0n) is 19.5. The lowest BCUT2D eigenvalue weighted by atomic mass is 10.1. The molecule has 0 radical (unpaired) electrons. The lowest BCUT2D eigenvalue weighted by Crippen LogP contribution is -2.29. The molecule has 0 atom stereocenters. The summed E-state index contributed by atoms with van der Waals surface area (Å²) in [6.07, 6.45) is 1.99. The van der Waals surface area contributed by atoms with Crippen molar-refractivity contribution in [1.29, 1.82) is 0 Å². The number of anilines is 1. The van der Waals surface area contributed by atoms with Gasteiger partial charge in [0, 0.05) is 17.7 Å². The first-order valence-corrected chi connectivity index (χ1v) is 12.8. The third kappa shape index (κ3) is 7.28. The van der Waals surface area contributed by atoms with Gasteiger partial charge in [-0.05, 0) is 47.9 Å². The molecule has 0 saturated heterocycles. The first kappa shape index (κ1) is 25.7. The average Bonchev–Trinajstić information content (AvgIpc) is 2.85. The van der Waals surface area contributed by atoms with Crippen LogP contribution in [0.15, 0.2) is 72.8 Å². The maximum Gasteiger partial charge on any atom is 0.271 e. The second-order valence-electron chi connectivity index (χ2n) is 7.85. The first-order chi connectivity index (χ1) is 16.7.